The molecule has 1 aliphatic carbocycles. The molecule has 1 saturated heterocycles. The van der Waals surface area contributed by atoms with E-state index >= 15 is 0 Å². The Labute approximate surface area is 173 Å². The van der Waals surface area contributed by atoms with Gasteiger partial charge < -0.3 is 18.9 Å². The molecule has 158 valence electrons. The molecule has 1 aliphatic heterocycles. The minimum absolute atomic E-state index is 0.0208. The zero-order chi connectivity index (χ0) is 20.2. The maximum Gasteiger partial charge on any atom is 0.252 e. The lowest BCUT2D eigenvalue weighted by molar-refractivity contribution is -0.149. The number of fused-ring (bicyclic) bond motifs is 1. The van der Waals surface area contributed by atoms with E-state index in [9.17, 15) is 4.79 Å². The zero-order valence-electron chi connectivity index (χ0n) is 17.7. The van der Waals surface area contributed by atoms with Crippen molar-refractivity contribution in [1.82, 2.24) is 14.5 Å². The maximum absolute atomic E-state index is 13.3. The molecule has 1 amide bonds. The summed E-state index contributed by atoms with van der Waals surface area (Å²) in [5.74, 6) is 0.171. The van der Waals surface area contributed by atoms with Gasteiger partial charge in [0.2, 0.25) is 0 Å². The highest BCUT2D eigenvalue weighted by molar-refractivity contribution is 5.85. The summed E-state index contributed by atoms with van der Waals surface area (Å²) in [6.45, 7) is 4.55. The number of hydrogen-bond acceptors (Lipinski definition) is 4. The van der Waals surface area contributed by atoms with Gasteiger partial charge in [-0.1, -0.05) is 0 Å². The number of aromatic nitrogens is 2. The van der Waals surface area contributed by atoms with E-state index in [0.29, 0.717) is 12.6 Å². The van der Waals surface area contributed by atoms with E-state index < -0.39 is 0 Å². The molecule has 29 heavy (non-hydrogen) atoms. The lowest BCUT2D eigenvalue weighted by Crippen LogP contribution is -2.44. The number of rotatable bonds is 9. The first-order valence-electron chi connectivity index (χ1n) is 11.1. The second-order valence-electron chi connectivity index (χ2n) is 8.36. The van der Waals surface area contributed by atoms with Crippen molar-refractivity contribution in [3.05, 3.63) is 30.1 Å². The molecule has 2 atom stereocenters. The molecule has 4 rings (SSSR count). The molecule has 2 aliphatic rings. The quantitative estimate of drug-likeness (QED) is 0.596. The number of carbonyl (C=O) groups is 1. The van der Waals surface area contributed by atoms with Crippen molar-refractivity contribution in [2.24, 2.45) is 0 Å². The smallest absolute Gasteiger partial charge is 0.252 e. The number of nitrogens with zero attached hydrogens (tertiary/aromatic N) is 3. The second kappa shape index (κ2) is 9.26. The van der Waals surface area contributed by atoms with Crippen LogP contribution in [-0.2, 0) is 20.8 Å². The normalized spacial score (nSPS) is 20.7. The average molecular weight is 400 g/mol. The standard InChI is InChI=1S/C23H33N3O3/c1-17(26(18-10-11-18)23(27)21-9-3-5-15-29-21)20-16-25(13-4-6-14-28-2)22-19(20)8-7-12-24-22/h7-8,12,16-18,21H,3-6,9-11,13-15H2,1-2H3/t17-,21+/m0/s1. The Hall–Kier alpha value is -1.92. The third kappa shape index (κ3) is 4.48. The van der Waals surface area contributed by atoms with E-state index in [4.69, 9.17) is 9.47 Å². The van der Waals surface area contributed by atoms with Crippen molar-refractivity contribution in [3.63, 3.8) is 0 Å². The summed E-state index contributed by atoms with van der Waals surface area (Å²) in [5.41, 5.74) is 2.19. The zero-order valence-corrected chi connectivity index (χ0v) is 17.7. The van der Waals surface area contributed by atoms with E-state index in [1.807, 2.05) is 12.3 Å². The molecular weight excluding hydrogens is 366 g/mol. The van der Waals surface area contributed by atoms with Crippen LogP contribution in [0, 0.1) is 0 Å². The lowest BCUT2D eigenvalue weighted by Gasteiger charge is -2.34. The molecule has 2 aromatic rings. The third-order valence-electron chi connectivity index (χ3n) is 6.18. The first-order valence-corrected chi connectivity index (χ1v) is 11.1. The summed E-state index contributed by atoms with van der Waals surface area (Å²) in [7, 11) is 1.74. The fourth-order valence-electron chi connectivity index (χ4n) is 4.47. The summed E-state index contributed by atoms with van der Waals surface area (Å²) in [5, 5.41) is 1.15. The highest BCUT2D eigenvalue weighted by Crippen LogP contribution is 2.38. The second-order valence-corrected chi connectivity index (χ2v) is 8.36. The molecule has 0 aromatic carbocycles. The monoisotopic (exact) mass is 399 g/mol. The largest absolute Gasteiger partial charge is 0.385 e. The number of amides is 1. The van der Waals surface area contributed by atoms with Crippen LogP contribution < -0.4 is 0 Å². The number of aryl methyl sites for hydroxylation is 1. The molecular formula is C23H33N3O3. The predicted octanol–water partition coefficient (Wildman–Crippen LogP) is 4.08. The number of unbranched alkanes of at least 4 members (excludes halogenated alkanes) is 1. The minimum Gasteiger partial charge on any atom is -0.385 e. The van der Waals surface area contributed by atoms with Crippen LogP contribution in [0.25, 0.3) is 11.0 Å². The van der Waals surface area contributed by atoms with Crippen LogP contribution in [0.2, 0.25) is 0 Å². The Morgan fingerprint density at radius 1 is 1.34 bits per heavy atom. The fraction of sp³-hybridized carbons (Fsp3) is 0.652. The van der Waals surface area contributed by atoms with Crippen molar-refractivity contribution in [3.8, 4) is 0 Å². The van der Waals surface area contributed by atoms with Gasteiger partial charge in [0, 0.05) is 56.3 Å². The van der Waals surface area contributed by atoms with Crippen LogP contribution >= 0.6 is 0 Å². The van der Waals surface area contributed by atoms with E-state index in [1.54, 1.807) is 7.11 Å². The first kappa shape index (κ1) is 20.4. The molecule has 1 saturated carbocycles. The first-order chi connectivity index (χ1) is 14.2. The predicted molar refractivity (Wildman–Crippen MR) is 113 cm³/mol. The molecule has 0 bridgehead atoms. The van der Waals surface area contributed by atoms with Gasteiger partial charge in [0.15, 0.2) is 0 Å². The van der Waals surface area contributed by atoms with Crippen LogP contribution in [0.5, 0.6) is 0 Å². The Morgan fingerprint density at radius 2 is 2.21 bits per heavy atom. The minimum atomic E-state index is -0.271. The van der Waals surface area contributed by atoms with E-state index in [1.165, 1.54) is 5.56 Å². The Balaban J connectivity index is 1.59. The molecule has 6 nitrogen and oxygen atoms in total. The summed E-state index contributed by atoms with van der Waals surface area (Å²) >= 11 is 0. The van der Waals surface area contributed by atoms with Gasteiger partial charge in [-0.3, -0.25) is 4.79 Å². The Morgan fingerprint density at radius 3 is 2.93 bits per heavy atom. The number of methoxy groups -OCH3 is 1. The van der Waals surface area contributed by atoms with Crippen LogP contribution in [0.4, 0.5) is 0 Å². The number of carbonyl (C=O) groups excluding carboxylic acids is 1. The van der Waals surface area contributed by atoms with Gasteiger partial charge in [-0.15, -0.1) is 0 Å². The van der Waals surface area contributed by atoms with Crippen LogP contribution in [0.15, 0.2) is 24.5 Å². The summed E-state index contributed by atoms with van der Waals surface area (Å²) in [6.07, 6.45) is 11.0. The Bertz CT molecular complexity index is 824. The molecule has 2 aromatic heterocycles. The van der Waals surface area contributed by atoms with Crippen LogP contribution in [0.3, 0.4) is 0 Å². The molecule has 0 unspecified atom stereocenters. The van der Waals surface area contributed by atoms with Gasteiger partial charge in [-0.25, -0.2) is 4.98 Å². The maximum atomic E-state index is 13.3. The average Bonchev–Trinajstić information content (AvgIpc) is 3.52. The molecule has 0 spiro atoms. The van der Waals surface area contributed by atoms with Gasteiger partial charge >= 0.3 is 0 Å². The van der Waals surface area contributed by atoms with Crippen molar-refractivity contribution in [1.29, 1.82) is 0 Å². The van der Waals surface area contributed by atoms with E-state index in [-0.39, 0.29) is 18.1 Å². The number of pyridine rings is 1. The molecule has 0 radical (unpaired) electrons. The van der Waals surface area contributed by atoms with Crippen LogP contribution in [0.1, 0.15) is 63.5 Å². The topological polar surface area (TPSA) is 56.6 Å². The van der Waals surface area contributed by atoms with Gasteiger partial charge in [0.05, 0.1) is 6.04 Å². The van der Waals surface area contributed by atoms with Crippen molar-refractivity contribution in [2.45, 2.75) is 76.6 Å². The van der Waals surface area contributed by atoms with E-state index in [0.717, 1.165) is 69.1 Å². The summed E-state index contributed by atoms with van der Waals surface area (Å²) in [4.78, 5) is 20.1. The van der Waals surface area contributed by atoms with Gasteiger partial charge in [0.1, 0.15) is 11.8 Å². The molecule has 3 heterocycles. The SMILES string of the molecule is COCCCCn1cc([C@H](C)N(C(=O)[C@H]2CCCCO2)C2CC2)c2cccnc21. The number of ether oxygens (including phenoxy) is 2. The number of hydrogen-bond donors (Lipinski definition) is 0. The highest BCUT2D eigenvalue weighted by Gasteiger charge is 2.40. The van der Waals surface area contributed by atoms with Gasteiger partial charge in [-0.2, -0.15) is 0 Å². The molecule has 0 N–H and O–H groups in total. The highest BCUT2D eigenvalue weighted by atomic mass is 16.5. The molecule has 6 heteroatoms. The Kier molecular flexibility index (Phi) is 6.50. The lowest BCUT2D eigenvalue weighted by atomic mass is 10.0. The van der Waals surface area contributed by atoms with Crippen molar-refractivity contribution in [2.75, 3.05) is 20.3 Å². The van der Waals surface area contributed by atoms with Gasteiger partial charge in [0.25, 0.3) is 5.91 Å². The van der Waals surface area contributed by atoms with E-state index in [2.05, 4.69) is 33.6 Å². The fourth-order valence-corrected chi connectivity index (χ4v) is 4.47. The summed E-state index contributed by atoms with van der Waals surface area (Å²) < 4.78 is 13.3. The summed E-state index contributed by atoms with van der Waals surface area (Å²) in [6, 6.07) is 4.49. The third-order valence-corrected chi connectivity index (χ3v) is 6.18. The van der Waals surface area contributed by atoms with Crippen molar-refractivity contribution >= 4 is 16.9 Å². The van der Waals surface area contributed by atoms with Gasteiger partial charge in [-0.05, 0) is 64.0 Å². The van der Waals surface area contributed by atoms with Crippen molar-refractivity contribution < 1.29 is 14.3 Å². The van der Waals surface area contributed by atoms with Crippen LogP contribution in [-0.4, -0.2) is 52.8 Å². The molecule has 2 fully saturated rings.